The first kappa shape index (κ1) is 13.8. The summed E-state index contributed by atoms with van der Waals surface area (Å²) < 4.78 is 5.51. The molecule has 0 unspecified atom stereocenters. The van der Waals surface area contributed by atoms with Gasteiger partial charge in [-0.2, -0.15) is 0 Å². The lowest BCUT2D eigenvalue weighted by Crippen LogP contribution is -2.17. The molecule has 0 radical (unpaired) electrons. The van der Waals surface area contributed by atoms with Crippen molar-refractivity contribution in [2.45, 2.75) is 13.0 Å². The van der Waals surface area contributed by atoms with Crippen LogP contribution in [0.15, 0.2) is 48.7 Å². The number of halogens is 1. The van der Waals surface area contributed by atoms with E-state index in [9.17, 15) is 0 Å². The summed E-state index contributed by atoms with van der Waals surface area (Å²) in [6.45, 7) is 2.43. The van der Waals surface area contributed by atoms with Crippen LogP contribution in [0.4, 0.5) is 0 Å². The van der Waals surface area contributed by atoms with Gasteiger partial charge in [0.15, 0.2) is 0 Å². The molecule has 3 nitrogen and oxygen atoms in total. The molecule has 1 aromatic heterocycles. The van der Waals surface area contributed by atoms with E-state index in [2.05, 4.69) is 10.3 Å². The van der Waals surface area contributed by atoms with Crippen molar-refractivity contribution in [2.75, 3.05) is 13.2 Å². The van der Waals surface area contributed by atoms with Gasteiger partial charge in [-0.15, -0.1) is 0 Å². The zero-order valence-corrected chi connectivity index (χ0v) is 11.4. The van der Waals surface area contributed by atoms with Crippen molar-refractivity contribution in [2.24, 2.45) is 0 Å². The lowest BCUT2D eigenvalue weighted by molar-refractivity contribution is 0.296. The van der Waals surface area contributed by atoms with E-state index in [1.807, 2.05) is 42.5 Å². The molecular weight excluding hydrogens is 260 g/mol. The topological polar surface area (TPSA) is 34.1 Å². The van der Waals surface area contributed by atoms with Gasteiger partial charge in [0.05, 0.1) is 6.61 Å². The highest BCUT2D eigenvalue weighted by Gasteiger charge is 1.95. The highest BCUT2D eigenvalue weighted by Crippen LogP contribution is 2.09. The van der Waals surface area contributed by atoms with Gasteiger partial charge in [0.25, 0.3) is 0 Å². The van der Waals surface area contributed by atoms with Gasteiger partial charge in [-0.3, -0.25) is 0 Å². The Labute approximate surface area is 118 Å². The van der Waals surface area contributed by atoms with Gasteiger partial charge in [-0.05, 0) is 36.7 Å². The normalized spacial score (nSPS) is 10.4. The van der Waals surface area contributed by atoms with E-state index < -0.39 is 0 Å². The first-order valence-electron chi connectivity index (χ1n) is 6.33. The second-order valence-corrected chi connectivity index (χ2v) is 4.61. The summed E-state index contributed by atoms with van der Waals surface area (Å²) in [6.07, 6.45) is 2.68. The average molecular weight is 277 g/mol. The van der Waals surface area contributed by atoms with Gasteiger partial charge in [0.1, 0.15) is 0 Å². The largest absolute Gasteiger partial charge is 0.478 e. The number of aromatic nitrogens is 1. The Hall–Kier alpha value is -1.58. The van der Waals surface area contributed by atoms with Gasteiger partial charge in [0.2, 0.25) is 5.88 Å². The van der Waals surface area contributed by atoms with Crippen LogP contribution in [-0.2, 0) is 6.54 Å². The van der Waals surface area contributed by atoms with E-state index in [1.54, 1.807) is 6.20 Å². The lowest BCUT2D eigenvalue weighted by Gasteiger charge is -2.06. The van der Waals surface area contributed by atoms with Gasteiger partial charge in [-0.1, -0.05) is 29.8 Å². The van der Waals surface area contributed by atoms with E-state index in [0.717, 1.165) is 24.5 Å². The van der Waals surface area contributed by atoms with Gasteiger partial charge in [-0.25, -0.2) is 4.98 Å². The molecule has 4 heteroatoms. The summed E-state index contributed by atoms with van der Waals surface area (Å²) in [5.74, 6) is 0.681. The molecule has 0 fully saturated rings. The molecule has 1 heterocycles. The average Bonchev–Trinajstić information content (AvgIpc) is 2.46. The second-order valence-electron chi connectivity index (χ2n) is 4.17. The highest BCUT2D eigenvalue weighted by molar-refractivity contribution is 6.30. The van der Waals surface area contributed by atoms with Crippen LogP contribution in [0.1, 0.15) is 12.0 Å². The van der Waals surface area contributed by atoms with E-state index >= 15 is 0 Å². The molecule has 1 aromatic carbocycles. The maximum atomic E-state index is 5.83. The second kappa shape index (κ2) is 7.77. The third-order valence-electron chi connectivity index (χ3n) is 2.63. The summed E-state index contributed by atoms with van der Waals surface area (Å²) in [5, 5.41) is 4.13. The van der Waals surface area contributed by atoms with Crippen LogP contribution < -0.4 is 10.1 Å². The van der Waals surface area contributed by atoms with Crippen LogP contribution in [-0.4, -0.2) is 18.1 Å². The van der Waals surface area contributed by atoms with Crippen LogP contribution >= 0.6 is 11.6 Å². The third-order valence-corrected chi connectivity index (χ3v) is 2.88. The Kier molecular flexibility index (Phi) is 5.66. The third kappa shape index (κ3) is 5.28. The number of nitrogens with one attached hydrogen (secondary N) is 1. The van der Waals surface area contributed by atoms with Gasteiger partial charge >= 0.3 is 0 Å². The Morgan fingerprint density at radius 1 is 1.11 bits per heavy atom. The van der Waals surface area contributed by atoms with Crippen molar-refractivity contribution in [3.63, 3.8) is 0 Å². The highest BCUT2D eigenvalue weighted by atomic mass is 35.5. The molecule has 2 rings (SSSR count). The molecule has 0 saturated heterocycles. The minimum atomic E-state index is 0.671. The molecule has 0 spiro atoms. The molecule has 1 N–H and O–H groups in total. The Morgan fingerprint density at radius 3 is 2.68 bits per heavy atom. The van der Waals surface area contributed by atoms with Gasteiger partial charge in [0, 0.05) is 23.8 Å². The first-order chi connectivity index (χ1) is 9.34. The number of hydrogen-bond donors (Lipinski definition) is 1. The number of benzene rings is 1. The van der Waals surface area contributed by atoms with Crippen LogP contribution in [0, 0.1) is 0 Å². The Morgan fingerprint density at radius 2 is 1.95 bits per heavy atom. The van der Waals surface area contributed by atoms with Gasteiger partial charge < -0.3 is 10.1 Å². The molecule has 0 aliphatic carbocycles. The molecule has 0 aliphatic rings. The maximum Gasteiger partial charge on any atom is 0.213 e. The van der Waals surface area contributed by atoms with E-state index in [0.29, 0.717) is 12.5 Å². The standard InChI is InChI=1S/C15H17ClN2O/c16-14-7-5-13(6-8-14)12-17-9-3-11-19-15-4-1-2-10-18-15/h1-2,4-8,10,17H,3,9,11-12H2. The minimum absolute atomic E-state index is 0.671. The van der Waals surface area contributed by atoms with Crippen molar-refractivity contribution < 1.29 is 4.74 Å². The van der Waals surface area contributed by atoms with E-state index in [1.165, 1.54) is 5.56 Å². The number of ether oxygens (including phenoxy) is 1. The SMILES string of the molecule is Clc1ccc(CNCCCOc2ccccn2)cc1. The summed E-state index contributed by atoms with van der Waals surface area (Å²) in [7, 11) is 0. The zero-order valence-electron chi connectivity index (χ0n) is 10.7. The molecule has 100 valence electrons. The molecule has 0 aliphatic heterocycles. The number of rotatable bonds is 7. The fraction of sp³-hybridized carbons (Fsp3) is 0.267. The molecule has 2 aromatic rings. The summed E-state index contributed by atoms with van der Waals surface area (Å²) >= 11 is 5.83. The predicted molar refractivity (Wildman–Crippen MR) is 77.5 cm³/mol. The number of pyridine rings is 1. The lowest BCUT2D eigenvalue weighted by atomic mass is 10.2. The van der Waals surface area contributed by atoms with Crippen molar-refractivity contribution >= 4 is 11.6 Å². The van der Waals surface area contributed by atoms with Crippen LogP contribution in [0.5, 0.6) is 5.88 Å². The fourth-order valence-corrected chi connectivity index (χ4v) is 1.77. The van der Waals surface area contributed by atoms with E-state index in [4.69, 9.17) is 16.3 Å². The minimum Gasteiger partial charge on any atom is -0.478 e. The summed E-state index contributed by atoms with van der Waals surface area (Å²) in [4.78, 5) is 4.10. The Balaban J connectivity index is 1.56. The van der Waals surface area contributed by atoms with Crippen molar-refractivity contribution in [1.82, 2.24) is 10.3 Å². The molecule has 0 bridgehead atoms. The molecule has 0 atom stereocenters. The van der Waals surface area contributed by atoms with Crippen molar-refractivity contribution in [1.29, 1.82) is 0 Å². The molecule has 19 heavy (non-hydrogen) atoms. The monoisotopic (exact) mass is 276 g/mol. The smallest absolute Gasteiger partial charge is 0.213 e. The predicted octanol–water partition coefficient (Wildman–Crippen LogP) is 3.29. The molecule has 0 saturated carbocycles. The van der Waals surface area contributed by atoms with E-state index in [-0.39, 0.29) is 0 Å². The van der Waals surface area contributed by atoms with Crippen LogP contribution in [0.25, 0.3) is 0 Å². The Bertz CT molecular complexity index is 473. The molecule has 0 amide bonds. The maximum absolute atomic E-state index is 5.83. The van der Waals surface area contributed by atoms with Crippen molar-refractivity contribution in [3.05, 3.63) is 59.2 Å². The molecular formula is C15H17ClN2O. The first-order valence-corrected chi connectivity index (χ1v) is 6.71. The van der Waals surface area contributed by atoms with Crippen LogP contribution in [0.3, 0.4) is 0 Å². The quantitative estimate of drug-likeness (QED) is 0.788. The summed E-state index contributed by atoms with van der Waals surface area (Å²) in [5.41, 5.74) is 1.23. The fourth-order valence-electron chi connectivity index (χ4n) is 1.64. The number of hydrogen-bond acceptors (Lipinski definition) is 3. The van der Waals surface area contributed by atoms with Crippen molar-refractivity contribution in [3.8, 4) is 5.88 Å². The number of nitrogens with zero attached hydrogens (tertiary/aromatic N) is 1. The van der Waals surface area contributed by atoms with Crippen LogP contribution in [0.2, 0.25) is 5.02 Å². The zero-order chi connectivity index (χ0) is 13.3. The summed E-state index contributed by atoms with van der Waals surface area (Å²) in [6, 6.07) is 13.5.